The molecule has 1 aromatic rings. The molecule has 4 nitrogen and oxygen atoms in total. The van der Waals surface area contributed by atoms with E-state index in [4.69, 9.17) is 27.9 Å². The number of allylic oxidation sites excluding steroid dienone is 1. The van der Waals surface area contributed by atoms with E-state index < -0.39 is 4.92 Å². The Hall–Kier alpha value is -1.26. The highest BCUT2D eigenvalue weighted by Gasteiger charge is 2.14. The van der Waals surface area contributed by atoms with E-state index >= 15 is 0 Å². The second kappa shape index (κ2) is 6.35. The molecule has 6 heteroatoms. The van der Waals surface area contributed by atoms with Crippen LogP contribution in [0.4, 0.5) is 5.69 Å². The van der Waals surface area contributed by atoms with Crippen molar-refractivity contribution in [3.8, 4) is 5.75 Å². The molecule has 0 aliphatic carbocycles. The highest BCUT2D eigenvalue weighted by atomic mass is 35.5. The Morgan fingerprint density at radius 3 is 2.81 bits per heavy atom. The number of nitrogens with zero attached hydrogens (tertiary/aromatic N) is 1. The van der Waals surface area contributed by atoms with Crippen LogP contribution in [0.2, 0.25) is 5.02 Å². The van der Waals surface area contributed by atoms with E-state index in [9.17, 15) is 10.1 Å². The largest absolute Gasteiger partial charge is 0.483 e. The fourth-order valence-corrected chi connectivity index (χ4v) is 1.31. The summed E-state index contributed by atoms with van der Waals surface area (Å²) in [5.74, 6) is 0.526. The van der Waals surface area contributed by atoms with E-state index in [0.29, 0.717) is 10.9 Å². The van der Waals surface area contributed by atoms with Crippen LogP contribution < -0.4 is 4.74 Å². The molecule has 0 heterocycles. The van der Waals surface area contributed by atoms with Crippen molar-refractivity contribution in [3.05, 3.63) is 45.5 Å². The first-order chi connectivity index (χ1) is 7.65. The third-order valence-corrected chi connectivity index (χ3v) is 2.12. The second-order valence-corrected chi connectivity index (χ2v) is 3.55. The van der Waals surface area contributed by atoms with Gasteiger partial charge in [0.05, 0.1) is 4.92 Å². The van der Waals surface area contributed by atoms with E-state index in [2.05, 4.69) is 0 Å². The lowest BCUT2D eigenvalue weighted by Gasteiger charge is -2.04. The first kappa shape index (κ1) is 12.8. The Balaban J connectivity index is 2.80. The van der Waals surface area contributed by atoms with Gasteiger partial charge >= 0.3 is 5.69 Å². The summed E-state index contributed by atoms with van der Waals surface area (Å²) < 4.78 is 5.21. The van der Waals surface area contributed by atoms with Gasteiger partial charge in [0.25, 0.3) is 0 Å². The molecule has 0 atom stereocenters. The molecule has 1 rings (SSSR count). The summed E-state index contributed by atoms with van der Waals surface area (Å²) in [6.07, 6.45) is 3.37. The minimum absolute atomic E-state index is 0.108. The summed E-state index contributed by atoms with van der Waals surface area (Å²) in [4.78, 5) is 10.1. The first-order valence-corrected chi connectivity index (χ1v) is 5.34. The van der Waals surface area contributed by atoms with E-state index in [-0.39, 0.29) is 18.0 Å². The molecule has 0 fully saturated rings. The molecule has 0 unspecified atom stereocenters. The van der Waals surface area contributed by atoms with Crippen molar-refractivity contribution in [3.63, 3.8) is 0 Å². The van der Waals surface area contributed by atoms with Crippen LogP contribution in [0.15, 0.2) is 30.4 Å². The number of ether oxygens (including phenoxy) is 1. The maximum Gasteiger partial charge on any atom is 0.311 e. The van der Waals surface area contributed by atoms with Gasteiger partial charge in [-0.15, -0.1) is 11.6 Å². The Morgan fingerprint density at radius 1 is 1.44 bits per heavy atom. The zero-order chi connectivity index (χ0) is 12.0. The monoisotopic (exact) mass is 261 g/mol. The second-order valence-electron chi connectivity index (χ2n) is 2.81. The van der Waals surface area contributed by atoms with Crippen molar-refractivity contribution in [1.29, 1.82) is 0 Å². The van der Waals surface area contributed by atoms with Crippen LogP contribution in [-0.4, -0.2) is 17.4 Å². The number of nitro benzene ring substituents is 1. The SMILES string of the molecule is O=[N+]([O-])c1ccc(Cl)cc1OCC=CCCl. The van der Waals surface area contributed by atoms with Crippen molar-refractivity contribution in [2.45, 2.75) is 0 Å². The van der Waals surface area contributed by atoms with Gasteiger partial charge in [0, 0.05) is 23.0 Å². The summed E-state index contributed by atoms with van der Waals surface area (Å²) >= 11 is 11.1. The van der Waals surface area contributed by atoms with Gasteiger partial charge in [0.15, 0.2) is 5.75 Å². The number of hydrogen-bond acceptors (Lipinski definition) is 3. The topological polar surface area (TPSA) is 52.4 Å². The third-order valence-electron chi connectivity index (χ3n) is 1.71. The van der Waals surface area contributed by atoms with Gasteiger partial charge in [-0.2, -0.15) is 0 Å². The molecule has 16 heavy (non-hydrogen) atoms. The highest BCUT2D eigenvalue weighted by molar-refractivity contribution is 6.30. The molecule has 0 spiro atoms. The summed E-state index contributed by atoms with van der Waals surface area (Å²) in [6.45, 7) is 0.216. The predicted octanol–water partition coefficient (Wildman–Crippen LogP) is 3.42. The highest BCUT2D eigenvalue weighted by Crippen LogP contribution is 2.29. The first-order valence-electron chi connectivity index (χ1n) is 4.43. The van der Waals surface area contributed by atoms with Crippen molar-refractivity contribution < 1.29 is 9.66 Å². The van der Waals surface area contributed by atoms with Crippen molar-refractivity contribution in [2.24, 2.45) is 0 Å². The van der Waals surface area contributed by atoms with Gasteiger partial charge < -0.3 is 4.74 Å². The zero-order valence-corrected chi connectivity index (χ0v) is 9.74. The van der Waals surface area contributed by atoms with Crippen LogP contribution in [0.25, 0.3) is 0 Å². The Bertz CT molecular complexity index is 407. The zero-order valence-electron chi connectivity index (χ0n) is 8.23. The lowest BCUT2D eigenvalue weighted by Crippen LogP contribution is -1.98. The minimum atomic E-state index is -0.517. The smallest absolute Gasteiger partial charge is 0.311 e. The van der Waals surface area contributed by atoms with Crippen LogP contribution in [0.5, 0.6) is 5.75 Å². The van der Waals surface area contributed by atoms with Crippen molar-refractivity contribution >= 4 is 28.9 Å². The fourth-order valence-electron chi connectivity index (χ4n) is 1.02. The predicted molar refractivity (Wildman–Crippen MR) is 63.5 cm³/mol. The van der Waals surface area contributed by atoms with Gasteiger partial charge in [-0.1, -0.05) is 23.8 Å². The van der Waals surface area contributed by atoms with Gasteiger partial charge in [-0.3, -0.25) is 10.1 Å². The normalized spacial score (nSPS) is 10.6. The van der Waals surface area contributed by atoms with Crippen LogP contribution >= 0.6 is 23.2 Å². The van der Waals surface area contributed by atoms with Crippen molar-refractivity contribution in [2.75, 3.05) is 12.5 Å². The standard InChI is InChI=1S/C10H9Cl2NO3/c11-5-1-2-6-16-10-7-8(12)3-4-9(10)13(14)15/h1-4,7H,5-6H2. The third kappa shape index (κ3) is 3.72. The summed E-state index contributed by atoms with van der Waals surface area (Å²) in [7, 11) is 0. The van der Waals surface area contributed by atoms with Crippen molar-refractivity contribution in [1.82, 2.24) is 0 Å². The molecule has 0 radical (unpaired) electrons. The summed E-state index contributed by atoms with van der Waals surface area (Å²) in [6, 6.07) is 4.16. The maximum absolute atomic E-state index is 10.7. The van der Waals surface area contributed by atoms with Gasteiger partial charge in [-0.25, -0.2) is 0 Å². The molecule has 0 N–H and O–H groups in total. The number of benzene rings is 1. The molecular weight excluding hydrogens is 253 g/mol. The maximum atomic E-state index is 10.7. The molecule has 0 aliphatic heterocycles. The average Bonchev–Trinajstić information content (AvgIpc) is 2.24. The molecule has 0 amide bonds. The van der Waals surface area contributed by atoms with E-state index in [0.717, 1.165) is 0 Å². The lowest BCUT2D eigenvalue weighted by molar-refractivity contribution is -0.385. The van der Waals surface area contributed by atoms with Crippen LogP contribution in [0, 0.1) is 10.1 Å². The number of alkyl halides is 1. The molecule has 0 aliphatic rings. The number of halogens is 2. The average molecular weight is 262 g/mol. The van der Waals surface area contributed by atoms with Crippen LogP contribution in [-0.2, 0) is 0 Å². The van der Waals surface area contributed by atoms with Crippen LogP contribution in [0.3, 0.4) is 0 Å². The number of hydrogen-bond donors (Lipinski definition) is 0. The fraction of sp³-hybridized carbons (Fsp3) is 0.200. The molecule has 0 bridgehead atoms. The molecule has 86 valence electrons. The summed E-state index contributed by atoms with van der Waals surface area (Å²) in [5, 5.41) is 11.1. The number of rotatable bonds is 5. The van der Waals surface area contributed by atoms with E-state index in [1.807, 2.05) is 0 Å². The molecule has 1 aromatic carbocycles. The minimum Gasteiger partial charge on any atom is -0.483 e. The summed E-state index contributed by atoms with van der Waals surface area (Å²) in [5.41, 5.74) is -0.108. The Morgan fingerprint density at radius 2 is 2.19 bits per heavy atom. The Labute approximate surface area is 103 Å². The molecular formula is C10H9Cl2NO3. The Kier molecular flexibility index (Phi) is 5.08. The van der Waals surface area contributed by atoms with E-state index in [1.165, 1.54) is 18.2 Å². The van der Waals surface area contributed by atoms with E-state index in [1.54, 1.807) is 12.2 Å². The lowest BCUT2D eigenvalue weighted by atomic mass is 10.3. The molecule has 0 saturated carbocycles. The van der Waals surface area contributed by atoms with Gasteiger partial charge in [0.2, 0.25) is 0 Å². The molecule has 0 saturated heterocycles. The van der Waals surface area contributed by atoms with Gasteiger partial charge in [0.1, 0.15) is 6.61 Å². The van der Waals surface area contributed by atoms with Gasteiger partial charge in [-0.05, 0) is 6.07 Å². The van der Waals surface area contributed by atoms with Crippen LogP contribution in [0.1, 0.15) is 0 Å². The quantitative estimate of drug-likeness (QED) is 0.353. The molecule has 0 aromatic heterocycles. The number of nitro groups is 1.